The number of aliphatic hydroxyl groups excluding tert-OH is 1. The molecule has 144 valence electrons. The molecule has 1 atom stereocenters. The Kier molecular flexibility index (Phi) is 7.84. The molecule has 0 saturated heterocycles. The number of halogens is 3. The molecule has 0 heterocycles. The summed E-state index contributed by atoms with van der Waals surface area (Å²) in [6.07, 6.45) is -1.01. The molecule has 1 unspecified atom stereocenters. The fraction of sp³-hybridized carbons (Fsp3) is 0.222. The Balaban J connectivity index is 1.71. The van der Waals surface area contributed by atoms with Crippen LogP contribution in [0.25, 0.3) is 0 Å². The number of nitrogens with one attached hydrogen (secondary N) is 2. The van der Waals surface area contributed by atoms with Crippen molar-refractivity contribution in [1.29, 1.82) is 0 Å². The van der Waals surface area contributed by atoms with Crippen molar-refractivity contribution >= 4 is 35.0 Å². The molecule has 0 saturated carbocycles. The van der Waals surface area contributed by atoms with Crippen molar-refractivity contribution in [2.24, 2.45) is 0 Å². The van der Waals surface area contributed by atoms with Crippen molar-refractivity contribution in [2.75, 3.05) is 19.7 Å². The highest BCUT2D eigenvalue weighted by molar-refractivity contribution is 6.42. The summed E-state index contributed by atoms with van der Waals surface area (Å²) in [6.45, 7) is -0.588. The van der Waals surface area contributed by atoms with E-state index >= 15 is 0 Å². The van der Waals surface area contributed by atoms with Gasteiger partial charge in [-0.3, -0.25) is 9.59 Å². The van der Waals surface area contributed by atoms with Gasteiger partial charge in [0.2, 0.25) is 5.91 Å². The summed E-state index contributed by atoms with van der Waals surface area (Å²) in [5, 5.41) is 15.1. The van der Waals surface area contributed by atoms with Gasteiger partial charge >= 0.3 is 0 Å². The number of carbonyl (C=O) groups is 2. The van der Waals surface area contributed by atoms with Gasteiger partial charge in [0.05, 0.1) is 17.1 Å². The number of hydrogen-bond acceptors (Lipinski definition) is 4. The Morgan fingerprint density at radius 3 is 2.59 bits per heavy atom. The number of amides is 2. The summed E-state index contributed by atoms with van der Waals surface area (Å²) in [4.78, 5) is 23.5. The lowest BCUT2D eigenvalue weighted by Crippen LogP contribution is -2.41. The molecule has 0 aliphatic heterocycles. The van der Waals surface area contributed by atoms with Crippen LogP contribution in [0.2, 0.25) is 10.0 Å². The second-order valence-corrected chi connectivity index (χ2v) is 6.27. The van der Waals surface area contributed by atoms with E-state index in [2.05, 4.69) is 10.6 Å². The molecule has 0 aliphatic rings. The minimum atomic E-state index is -1.01. The van der Waals surface area contributed by atoms with E-state index in [-0.39, 0.29) is 30.3 Å². The molecule has 27 heavy (non-hydrogen) atoms. The predicted octanol–water partition coefficient (Wildman–Crippen LogP) is 2.42. The number of rotatable bonds is 8. The Morgan fingerprint density at radius 2 is 1.85 bits per heavy atom. The van der Waals surface area contributed by atoms with Crippen molar-refractivity contribution in [2.45, 2.75) is 6.10 Å². The lowest BCUT2D eigenvalue weighted by Gasteiger charge is -2.14. The highest BCUT2D eigenvalue weighted by Crippen LogP contribution is 2.31. The smallest absolute Gasteiger partial charge is 0.254 e. The van der Waals surface area contributed by atoms with Crippen LogP contribution < -0.4 is 15.4 Å². The standard InChI is InChI=1S/C18H17Cl2FN2O4/c19-13-5-3-7-15(17(13)20)27-10-11(24)8-22-16(25)9-23-18(26)12-4-1-2-6-14(12)21/h1-7,11,24H,8-10H2,(H,22,25)(H,23,26). The predicted molar refractivity (Wildman–Crippen MR) is 99.7 cm³/mol. The van der Waals surface area contributed by atoms with E-state index in [0.717, 1.165) is 6.07 Å². The third-order valence-corrected chi connectivity index (χ3v) is 4.21. The number of benzene rings is 2. The van der Waals surface area contributed by atoms with Crippen LogP contribution in [0, 0.1) is 5.82 Å². The Hall–Kier alpha value is -2.35. The molecule has 0 spiro atoms. The van der Waals surface area contributed by atoms with E-state index < -0.39 is 23.7 Å². The van der Waals surface area contributed by atoms with E-state index in [9.17, 15) is 19.1 Å². The van der Waals surface area contributed by atoms with Crippen LogP contribution in [-0.2, 0) is 4.79 Å². The van der Waals surface area contributed by atoms with Crippen molar-refractivity contribution in [1.82, 2.24) is 10.6 Å². The SMILES string of the molecule is O=C(CNC(=O)c1ccccc1F)NCC(O)COc1cccc(Cl)c1Cl. The lowest BCUT2D eigenvalue weighted by atomic mass is 10.2. The zero-order valence-electron chi connectivity index (χ0n) is 14.0. The quantitative estimate of drug-likeness (QED) is 0.618. The van der Waals surface area contributed by atoms with Gasteiger partial charge in [-0.05, 0) is 24.3 Å². The molecule has 0 radical (unpaired) electrons. The normalized spacial score (nSPS) is 11.6. The van der Waals surface area contributed by atoms with E-state index in [4.69, 9.17) is 27.9 Å². The molecule has 0 bridgehead atoms. The first-order valence-electron chi connectivity index (χ1n) is 7.92. The maximum absolute atomic E-state index is 13.5. The first-order chi connectivity index (χ1) is 12.9. The summed E-state index contributed by atoms with van der Waals surface area (Å²) in [6, 6.07) is 10.3. The van der Waals surface area contributed by atoms with E-state index in [1.54, 1.807) is 18.2 Å². The molecule has 0 fully saturated rings. The van der Waals surface area contributed by atoms with Crippen molar-refractivity contribution in [3.05, 3.63) is 63.9 Å². The lowest BCUT2D eigenvalue weighted by molar-refractivity contribution is -0.120. The second kappa shape index (κ2) is 10.1. The Labute approximate surface area is 165 Å². The van der Waals surface area contributed by atoms with Crippen molar-refractivity contribution < 1.29 is 23.8 Å². The van der Waals surface area contributed by atoms with Crippen LogP contribution in [0.15, 0.2) is 42.5 Å². The molecule has 2 amide bonds. The number of ether oxygens (including phenoxy) is 1. The topological polar surface area (TPSA) is 87.7 Å². The molecule has 6 nitrogen and oxygen atoms in total. The van der Waals surface area contributed by atoms with Crippen molar-refractivity contribution in [3.8, 4) is 5.75 Å². The minimum absolute atomic E-state index is 0.105. The molecule has 3 N–H and O–H groups in total. The molecule has 0 aromatic heterocycles. The number of hydrogen-bond donors (Lipinski definition) is 3. The average Bonchev–Trinajstić information content (AvgIpc) is 2.66. The highest BCUT2D eigenvalue weighted by atomic mass is 35.5. The monoisotopic (exact) mass is 414 g/mol. The van der Waals surface area contributed by atoms with Crippen molar-refractivity contribution in [3.63, 3.8) is 0 Å². The van der Waals surface area contributed by atoms with E-state index in [0.29, 0.717) is 10.8 Å². The molecule has 0 aliphatic carbocycles. The molecule has 2 aromatic carbocycles. The highest BCUT2D eigenvalue weighted by Gasteiger charge is 2.13. The first kappa shape index (κ1) is 21.0. The van der Waals surface area contributed by atoms with Gasteiger partial charge in [0.15, 0.2) is 0 Å². The average molecular weight is 415 g/mol. The molecule has 2 rings (SSSR count). The third kappa shape index (κ3) is 6.39. The summed E-state index contributed by atoms with van der Waals surface area (Å²) >= 11 is 11.8. The van der Waals surface area contributed by atoms with Gasteiger partial charge in [-0.15, -0.1) is 0 Å². The fourth-order valence-electron chi connectivity index (χ4n) is 2.04. The van der Waals surface area contributed by atoms with Crippen LogP contribution in [0.5, 0.6) is 5.75 Å². The van der Waals surface area contributed by atoms with Gasteiger partial charge in [-0.2, -0.15) is 0 Å². The Morgan fingerprint density at radius 1 is 1.11 bits per heavy atom. The minimum Gasteiger partial charge on any atom is -0.489 e. The summed E-state index contributed by atoms with van der Waals surface area (Å²) in [5.41, 5.74) is -0.155. The number of aliphatic hydroxyl groups is 1. The summed E-state index contributed by atoms with van der Waals surface area (Å²) in [5.74, 6) is -1.61. The first-order valence-corrected chi connectivity index (χ1v) is 8.68. The van der Waals surface area contributed by atoms with Gasteiger partial charge in [0, 0.05) is 6.54 Å². The van der Waals surface area contributed by atoms with Gasteiger partial charge in [0.25, 0.3) is 5.91 Å². The van der Waals surface area contributed by atoms with Gasteiger partial charge < -0.3 is 20.5 Å². The molecular weight excluding hydrogens is 398 g/mol. The van der Waals surface area contributed by atoms with Crippen LogP contribution in [-0.4, -0.2) is 42.7 Å². The molecular formula is C18H17Cl2FN2O4. The number of carbonyl (C=O) groups excluding carboxylic acids is 2. The van der Waals surface area contributed by atoms with E-state index in [1.807, 2.05) is 0 Å². The zero-order valence-corrected chi connectivity index (χ0v) is 15.6. The van der Waals surface area contributed by atoms with Crippen LogP contribution in [0.1, 0.15) is 10.4 Å². The maximum atomic E-state index is 13.5. The summed E-state index contributed by atoms with van der Waals surface area (Å²) in [7, 11) is 0. The van der Waals surface area contributed by atoms with Gasteiger partial charge in [-0.25, -0.2) is 4.39 Å². The zero-order chi connectivity index (χ0) is 19.8. The maximum Gasteiger partial charge on any atom is 0.254 e. The largest absolute Gasteiger partial charge is 0.489 e. The van der Waals surface area contributed by atoms with E-state index in [1.165, 1.54) is 18.2 Å². The van der Waals surface area contributed by atoms with Crippen LogP contribution >= 0.6 is 23.2 Å². The Bertz CT molecular complexity index is 820. The molecule has 9 heteroatoms. The molecule has 2 aromatic rings. The third-order valence-electron chi connectivity index (χ3n) is 3.41. The van der Waals surface area contributed by atoms with Crippen LogP contribution in [0.3, 0.4) is 0 Å². The summed E-state index contributed by atoms with van der Waals surface area (Å²) < 4.78 is 18.8. The van der Waals surface area contributed by atoms with Gasteiger partial charge in [0.1, 0.15) is 29.3 Å². The van der Waals surface area contributed by atoms with Gasteiger partial charge in [-0.1, -0.05) is 41.4 Å². The fourth-order valence-corrected chi connectivity index (χ4v) is 2.38. The van der Waals surface area contributed by atoms with Crippen LogP contribution in [0.4, 0.5) is 4.39 Å². The second-order valence-electron chi connectivity index (χ2n) is 5.48.